The molecule has 1 fully saturated rings. The standard InChI is InChI=1S/C26H27FN4O2/c1-25(2,33)21-6-3-7-23(29-21)31-16-4-5-19-20(31)12-13-22(28-19)26(14-15-26)30-24(32)17-8-10-18(27)11-9-17/h3,6-13,33H,4-5,14-16H2,1-2H3,(H,30,32). The number of benzene rings is 1. The molecular formula is C26H27FN4O2. The van der Waals surface area contributed by atoms with Gasteiger partial charge in [-0.1, -0.05) is 6.07 Å². The molecule has 3 aromatic rings. The van der Waals surface area contributed by atoms with Crippen LogP contribution in [0.5, 0.6) is 0 Å². The van der Waals surface area contributed by atoms with Gasteiger partial charge in [0.2, 0.25) is 0 Å². The minimum atomic E-state index is -1.02. The first-order chi connectivity index (χ1) is 15.7. The molecule has 0 unspecified atom stereocenters. The fourth-order valence-corrected chi connectivity index (χ4v) is 4.33. The van der Waals surface area contributed by atoms with Gasteiger partial charge in [0, 0.05) is 12.1 Å². The highest BCUT2D eigenvalue weighted by Crippen LogP contribution is 2.46. The van der Waals surface area contributed by atoms with Crippen LogP contribution < -0.4 is 10.2 Å². The van der Waals surface area contributed by atoms with Crippen molar-refractivity contribution >= 4 is 17.4 Å². The summed E-state index contributed by atoms with van der Waals surface area (Å²) in [6.07, 6.45) is 3.44. The van der Waals surface area contributed by atoms with E-state index >= 15 is 0 Å². The van der Waals surface area contributed by atoms with E-state index in [1.807, 2.05) is 24.3 Å². The first-order valence-corrected chi connectivity index (χ1v) is 11.3. The second-order valence-corrected chi connectivity index (χ2v) is 9.40. The van der Waals surface area contributed by atoms with Gasteiger partial charge in [-0.3, -0.25) is 9.78 Å². The number of nitrogens with zero attached hydrogens (tertiary/aromatic N) is 3. The number of aromatic nitrogens is 2. The van der Waals surface area contributed by atoms with Crippen LogP contribution in [0.1, 0.15) is 60.5 Å². The highest BCUT2D eigenvalue weighted by molar-refractivity contribution is 5.95. The maximum atomic E-state index is 13.2. The van der Waals surface area contributed by atoms with E-state index in [1.54, 1.807) is 13.8 Å². The average molecular weight is 447 g/mol. The lowest BCUT2D eigenvalue weighted by atomic mass is 10.0. The van der Waals surface area contributed by atoms with E-state index < -0.39 is 11.1 Å². The van der Waals surface area contributed by atoms with E-state index in [4.69, 9.17) is 9.97 Å². The molecule has 1 saturated carbocycles. The molecule has 1 amide bonds. The third-order valence-electron chi connectivity index (χ3n) is 6.37. The zero-order valence-corrected chi connectivity index (χ0v) is 18.8. The van der Waals surface area contributed by atoms with Crippen molar-refractivity contribution in [1.82, 2.24) is 15.3 Å². The Kier molecular flexibility index (Phi) is 5.16. The Hall–Kier alpha value is -3.32. The normalized spacial score (nSPS) is 16.8. The summed E-state index contributed by atoms with van der Waals surface area (Å²) in [6, 6.07) is 15.3. The van der Waals surface area contributed by atoms with E-state index in [9.17, 15) is 14.3 Å². The summed E-state index contributed by atoms with van der Waals surface area (Å²) >= 11 is 0. The van der Waals surface area contributed by atoms with Crippen molar-refractivity contribution in [2.24, 2.45) is 0 Å². The number of anilines is 2. The highest BCUT2D eigenvalue weighted by Gasteiger charge is 2.47. The van der Waals surface area contributed by atoms with Crippen LogP contribution in [0.15, 0.2) is 54.6 Å². The Labute approximate surface area is 192 Å². The molecule has 0 atom stereocenters. The lowest BCUT2D eigenvalue weighted by Crippen LogP contribution is -2.36. The maximum Gasteiger partial charge on any atom is 0.252 e. The van der Waals surface area contributed by atoms with Gasteiger partial charge in [0.05, 0.1) is 28.3 Å². The van der Waals surface area contributed by atoms with Crippen molar-refractivity contribution in [3.05, 3.63) is 83.1 Å². The van der Waals surface area contributed by atoms with E-state index in [-0.39, 0.29) is 11.7 Å². The number of pyridine rings is 2. The van der Waals surface area contributed by atoms with E-state index in [2.05, 4.69) is 16.3 Å². The van der Waals surface area contributed by atoms with Gasteiger partial charge in [-0.05, 0) is 88.1 Å². The predicted molar refractivity (Wildman–Crippen MR) is 124 cm³/mol. The first kappa shape index (κ1) is 21.5. The summed E-state index contributed by atoms with van der Waals surface area (Å²) < 4.78 is 13.2. The van der Waals surface area contributed by atoms with Gasteiger partial charge < -0.3 is 15.3 Å². The van der Waals surface area contributed by atoms with Crippen molar-refractivity contribution in [3.63, 3.8) is 0 Å². The summed E-state index contributed by atoms with van der Waals surface area (Å²) in [7, 11) is 0. The number of halogens is 1. The largest absolute Gasteiger partial charge is 0.384 e. The van der Waals surface area contributed by atoms with Crippen LogP contribution in [0.4, 0.5) is 15.9 Å². The number of rotatable bonds is 5. The monoisotopic (exact) mass is 446 g/mol. The van der Waals surface area contributed by atoms with Gasteiger partial charge in [-0.15, -0.1) is 0 Å². The summed E-state index contributed by atoms with van der Waals surface area (Å²) in [5.41, 5.74) is 2.42. The molecule has 7 heteroatoms. The van der Waals surface area contributed by atoms with Crippen molar-refractivity contribution in [2.75, 3.05) is 11.4 Å². The average Bonchev–Trinajstić information content (AvgIpc) is 3.59. The SMILES string of the molecule is CC(C)(O)c1cccc(N2CCCc3nc(C4(NC(=O)c5ccc(F)cc5)CC4)ccc32)n1. The Morgan fingerprint density at radius 2 is 1.85 bits per heavy atom. The molecule has 3 heterocycles. The predicted octanol–water partition coefficient (Wildman–Crippen LogP) is 4.35. The van der Waals surface area contributed by atoms with Crippen molar-refractivity contribution < 1.29 is 14.3 Å². The van der Waals surface area contributed by atoms with Crippen LogP contribution in [0, 0.1) is 5.82 Å². The molecular weight excluding hydrogens is 419 g/mol. The van der Waals surface area contributed by atoms with Crippen LogP contribution in [-0.2, 0) is 17.6 Å². The fraction of sp³-hybridized carbons (Fsp3) is 0.346. The van der Waals surface area contributed by atoms with Gasteiger partial charge in [0.1, 0.15) is 17.2 Å². The van der Waals surface area contributed by atoms with Crippen LogP contribution in [-0.4, -0.2) is 27.5 Å². The quantitative estimate of drug-likeness (QED) is 0.609. The molecule has 2 aliphatic rings. The first-order valence-electron chi connectivity index (χ1n) is 11.3. The second-order valence-electron chi connectivity index (χ2n) is 9.40. The number of hydrogen-bond acceptors (Lipinski definition) is 5. The number of aliphatic hydroxyl groups is 1. The third-order valence-corrected chi connectivity index (χ3v) is 6.37. The van der Waals surface area contributed by atoms with Crippen molar-refractivity contribution in [3.8, 4) is 0 Å². The smallest absolute Gasteiger partial charge is 0.252 e. The Balaban J connectivity index is 1.41. The summed E-state index contributed by atoms with van der Waals surface area (Å²) in [5, 5.41) is 13.5. The Morgan fingerprint density at radius 1 is 1.09 bits per heavy atom. The van der Waals surface area contributed by atoms with Gasteiger partial charge >= 0.3 is 0 Å². The molecule has 5 rings (SSSR count). The summed E-state index contributed by atoms with van der Waals surface area (Å²) in [4.78, 5) is 24.5. The molecule has 1 aliphatic carbocycles. The summed E-state index contributed by atoms with van der Waals surface area (Å²) in [6.45, 7) is 4.28. The Bertz CT molecular complexity index is 1200. The number of carbonyl (C=O) groups excluding carboxylic acids is 1. The summed E-state index contributed by atoms with van der Waals surface area (Å²) in [5.74, 6) is 0.202. The molecule has 2 aromatic heterocycles. The van der Waals surface area contributed by atoms with Crippen LogP contribution in [0.2, 0.25) is 0 Å². The molecule has 6 nitrogen and oxygen atoms in total. The maximum absolute atomic E-state index is 13.2. The van der Waals surface area contributed by atoms with Gasteiger partial charge in [-0.2, -0.15) is 0 Å². The second kappa shape index (κ2) is 7.92. The number of nitrogens with one attached hydrogen (secondary N) is 1. The molecule has 1 aliphatic heterocycles. The molecule has 0 saturated heterocycles. The molecule has 2 N–H and O–H groups in total. The van der Waals surface area contributed by atoms with Crippen LogP contribution >= 0.6 is 0 Å². The van der Waals surface area contributed by atoms with Crippen molar-refractivity contribution in [2.45, 2.75) is 50.7 Å². The minimum Gasteiger partial charge on any atom is -0.384 e. The van der Waals surface area contributed by atoms with Gasteiger partial charge in [-0.25, -0.2) is 9.37 Å². The Morgan fingerprint density at radius 3 is 2.55 bits per heavy atom. The zero-order chi connectivity index (χ0) is 23.2. The molecule has 0 radical (unpaired) electrons. The molecule has 170 valence electrons. The van der Waals surface area contributed by atoms with Crippen LogP contribution in [0.25, 0.3) is 0 Å². The van der Waals surface area contributed by atoms with E-state index in [0.29, 0.717) is 11.3 Å². The third kappa shape index (κ3) is 4.20. The number of fused-ring (bicyclic) bond motifs is 1. The number of amides is 1. The lowest BCUT2D eigenvalue weighted by molar-refractivity contribution is 0.0739. The molecule has 0 bridgehead atoms. The zero-order valence-electron chi connectivity index (χ0n) is 18.8. The van der Waals surface area contributed by atoms with Gasteiger partial charge in [0.25, 0.3) is 5.91 Å². The minimum absolute atomic E-state index is 0.221. The van der Waals surface area contributed by atoms with Crippen LogP contribution in [0.3, 0.4) is 0 Å². The van der Waals surface area contributed by atoms with E-state index in [1.165, 1.54) is 24.3 Å². The fourth-order valence-electron chi connectivity index (χ4n) is 4.33. The van der Waals surface area contributed by atoms with Gasteiger partial charge in [0.15, 0.2) is 0 Å². The lowest BCUT2D eigenvalue weighted by Gasteiger charge is -2.31. The number of hydrogen-bond donors (Lipinski definition) is 2. The van der Waals surface area contributed by atoms with E-state index in [0.717, 1.165) is 55.1 Å². The van der Waals surface area contributed by atoms with Crippen molar-refractivity contribution in [1.29, 1.82) is 0 Å². The molecule has 1 aromatic carbocycles. The highest BCUT2D eigenvalue weighted by atomic mass is 19.1. The topological polar surface area (TPSA) is 78.4 Å². The molecule has 33 heavy (non-hydrogen) atoms. The number of carbonyl (C=O) groups is 1. The number of aryl methyl sites for hydroxylation is 1. The molecule has 0 spiro atoms.